The van der Waals surface area contributed by atoms with Crippen LogP contribution in [0.1, 0.15) is 61.8 Å². The quantitative estimate of drug-likeness (QED) is 0.650. The summed E-state index contributed by atoms with van der Waals surface area (Å²) < 4.78 is 5.56. The zero-order valence-corrected chi connectivity index (χ0v) is 14.9. The van der Waals surface area contributed by atoms with E-state index in [-0.39, 0.29) is 0 Å². The first-order valence-electron chi connectivity index (χ1n) is 8.15. The van der Waals surface area contributed by atoms with E-state index in [9.17, 15) is 0 Å². The van der Waals surface area contributed by atoms with Crippen molar-refractivity contribution in [2.24, 2.45) is 0 Å². The van der Waals surface area contributed by atoms with Gasteiger partial charge in [-0.2, -0.15) is 0 Å². The molecule has 0 aromatic heterocycles. The van der Waals surface area contributed by atoms with Gasteiger partial charge in [0.25, 0.3) is 0 Å². The smallest absolute Gasteiger partial charge is 0.122 e. The minimum absolute atomic E-state index is 0.499. The van der Waals surface area contributed by atoms with Crippen molar-refractivity contribution in [2.75, 3.05) is 7.11 Å². The summed E-state index contributed by atoms with van der Waals surface area (Å²) in [6.07, 6.45) is 0. The second kappa shape index (κ2) is 6.56. The lowest BCUT2D eigenvalue weighted by molar-refractivity contribution is 0.412. The lowest BCUT2D eigenvalue weighted by Crippen LogP contribution is -2.03. The molecule has 0 saturated carbocycles. The minimum Gasteiger partial charge on any atom is -0.496 e. The van der Waals surface area contributed by atoms with Gasteiger partial charge in [0.1, 0.15) is 5.75 Å². The summed E-state index contributed by atoms with van der Waals surface area (Å²) in [4.78, 5) is 0. The number of methoxy groups -OCH3 is 1. The second-order valence-corrected chi connectivity index (χ2v) is 6.71. The van der Waals surface area contributed by atoms with Crippen LogP contribution < -0.4 is 4.74 Å². The number of rotatable bonds is 4. The Labute approximate surface area is 135 Å². The largest absolute Gasteiger partial charge is 0.496 e. The molecule has 2 rings (SSSR count). The van der Waals surface area contributed by atoms with Crippen LogP contribution in [0, 0.1) is 13.8 Å². The van der Waals surface area contributed by atoms with E-state index in [0.29, 0.717) is 11.8 Å². The van der Waals surface area contributed by atoms with Crippen LogP contribution in [-0.4, -0.2) is 7.11 Å². The second-order valence-electron chi connectivity index (χ2n) is 6.71. The molecule has 0 N–H and O–H groups in total. The highest BCUT2D eigenvalue weighted by Gasteiger charge is 2.19. The van der Waals surface area contributed by atoms with Gasteiger partial charge in [-0.05, 0) is 65.1 Å². The normalized spacial score (nSPS) is 11.3. The Morgan fingerprint density at radius 2 is 1.32 bits per heavy atom. The van der Waals surface area contributed by atoms with Crippen molar-refractivity contribution >= 4 is 0 Å². The summed E-state index contributed by atoms with van der Waals surface area (Å²) in [5, 5.41) is 0. The third-order valence-corrected chi connectivity index (χ3v) is 4.47. The first-order valence-corrected chi connectivity index (χ1v) is 8.15. The van der Waals surface area contributed by atoms with E-state index in [2.05, 4.69) is 71.9 Å². The molecule has 0 bridgehead atoms. The van der Waals surface area contributed by atoms with Gasteiger partial charge >= 0.3 is 0 Å². The highest BCUT2D eigenvalue weighted by atomic mass is 16.5. The summed E-state index contributed by atoms with van der Waals surface area (Å²) in [6, 6.07) is 11.0. The van der Waals surface area contributed by atoms with Crippen LogP contribution >= 0.6 is 0 Å². The Bertz CT molecular complexity index is 640. The Balaban J connectivity index is 2.87. The molecular formula is C21H28O. The Morgan fingerprint density at radius 3 is 1.77 bits per heavy atom. The van der Waals surface area contributed by atoms with Gasteiger partial charge in [0.05, 0.1) is 7.11 Å². The molecule has 1 heteroatoms. The molecule has 0 spiro atoms. The molecule has 0 aliphatic carbocycles. The first-order chi connectivity index (χ1) is 10.4. The van der Waals surface area contributed by atoms with Crippen LogP contribution in [0.25, 0.3) is 11.1 Å². The molecule has 0 fully saturated rings. The van der Waals surface area contributed by atoms with E-state index >= 15 is 0 Å². The topological polar surface area (TPSA) is 9.23 Å². The molecule has 0 saturated heterocycles. The predicted octanol–water partition coefficient (Wildman–Crippen LogP) is 6.23. The van der Waals surface area contributed by atoms with E-state index in [1.54, 1.807) is 7.11 Å². The molecule has 0 atom stereocenters. The van der Waals surface area contributed by atoms with Crippen molar-refractivity contribution in [1.29, 1.82) is 0 Å². The summed E-state index contributed by atoms with van der Waals surface area (Å²) in [6.45, 7) is 13.5. The molecule has 1 nitrogen and oxygen atoms in total. The number of ether oxygens (including phenoxy) is 1. The lowest BCUT2D eigenvalue weighted by atomic mass is 9.82. The van der Waals surface area contributed by atoms with Crippen molar-refractivity contribution in [3.8, 4) is 16.9 Å². The van der Waals surface area contributed by atoms with Gasteiger partial charge in [-0.3, -0.25) is 0 Å². The summed E-state index contributed by atoms with van der Waals surface area (Å²) in [5.41, 5.74) is 8.14. The van der Waals surface area contributed by atoms with Crippen LogP contribution in [-0.2, 0) is 0 Å². The molecule has 22 heavy (non-hydrogen) atoms. The van der Waals surface area contributed by atoms with E-state index in [1.165, 1.54) is 33.4 Å². The molecule has 2 aromatic carbocycles. The first kappa shape index (κ1) is 16.6. The van der Waals surface area contributed by atoms with Gasteiger partial charge in [0.15, 0.2) is 0 Å². The van der Waals surface area contributed by atoms with Crippen LogP contribution in [0.15, 0.2) is 30.3 Å². The average Bonchev–Trinajstić information content (AvgIpc) is 2.47. The van der Waals surface area contributed by atoms with E-state index in [1.807, 2.05) is 0 Å². The Morgan fingerprint density at radius 1 is 0.773 bits per heavy atom. The zero-order chi connectivity index (χ0) is 16.4. The third kappa shape index (κ3) is 2.90. The average molecular weight is 296 g/mol. The maximum atomic E-state index is 5.56. The molecule has 0 heterocycles. The number of aryl methyl sites for hydroxylation is 1. The highest BCUT2D eigenvalue weighted by molar-refractivity contribution is 5.79. The van der Waals surface area contributed by atoms with Gasteiger partial charge in [0.2, 0.25) is 0 Å². The zero-order valence-electron chi connectivity index (χ0n) is 14.9. The standard InChI is InChI=1S/C21H28O/c1-13(2)17-9-8-10-18(14(3)4)21(17)20-15(5)11-12-19(22-7)16(20)6/h8-14H,1-7H3. The fourth-order valence-corrected chi connectivity index (χ4v) is 3.27. The monoisotopic (exact) mass is 296 g/mol. The number of hydrogen-bond donors (Lipinski definition) is 0. The fourth-order valence-electron chi connectivity index (χ4n) is 3.27. The van der Waals surface area contributed by atoms with Crippen LogP contribution in [0.4, 0.5) is 0 Å². The minimum atomic E-state index is 0.499. The summed E-state index contributed by atoms with van der Waals surface area (Å²) >= 11 is 0. The maximum Gasteiger partial charge on any atom is 0.122 e. The van der Waals surface area contributed by atoms with Gasteiger partial charge < -0.3 is 4.74 Å². The molecular weight excluding hydrogens is 268 g/mol. The summed E-state index contributed by atoms with van der Waals surface area (Å²) in [7, 11) is 1.75. The molecule has 2 aromatic rings. The predicted molar refractivity (Wildman–Crippen MR) is 96.1 cm³/mol. The van der Waals surface area contributed by atoms with Crippen molar-refractivity contribution in [2.45, 2.75) is 53.4 Å². The van der Waals surface area contributed by atoms with Gasteiger partial charge in [-0.1, -0.05) is 52.0 Å². The molecule has 118 valence electrons. The van der Waals surface area contributed by atoms with Gasteiger partial charge in [0, 0.05) is 0 Å². The maximum absolute atomic E-state index is 5.56. The summed E-state index contributed by atoms with van der Waals surface area (Å²) in [5.74, 6) is 1.96. The van der Waals surface area contributed by atoms with Crippen molar-refractivity contribution in [1.82, 2.24) is 0 Å². The molecule has 0 amide bonds. The molecule has 0 aliphatic rings. The molecule has 0 aliphatic heterocycles. The van der Waals surface area contributed by atoms with Crippen molar-refractivity contribution < 1.29 is 4.74 Å². The van der Waals surface area contributed by atoms with Crippen molar-refractivity contribution in [3.05, 3.63) is 52.6 Å². The Hall–Kier alpha value is -1.76. The number of benzene rings is 2. The van der Waals surface area contributed by atoms with Crippen LogP contribution in [0.3, 0.4) is 0 Å². The third-order valence-electron chi connectivity index (χ3n) is 4.47. The van der Waals surface area contributed by atoms with E-state index in [0.717, 1.165) is 5.75 Å². The molecule has 0 unspecified atom stereocenters. The highest BCUT2D eigenvalue weighted by Crippen LogP contribution is 2.41. The lowest BCUT2D eigenvalue weighted by Gasteiger charge is -2.23. The Kier molecular flexibility index (Phi) is 4.95. The van der Waals surface area contributed by atoms with E-state index < -0.39 is 0 Å². The van der Waals surface area contributed by atoms with E-state index in [4.69, 9.17) is 4.74 Å². The van der Waals surface area contributed by atoms with Gasteiger partial charge in [-0.15, -0.1) is 0 Å². The SMILES string of the molecule is COc1ccc(C)c(-c2c(C(C)C)cccc2C(C)C)c1C. The van der Waals surface area contributed by atoms with Crippen molar-refractivity contribution in [3.63, 3.8) is 0 Å². The van der Waals surface area contributed by atoms with Gasteiger partial charge in [-0.25, -0.2) is 0 Å². The molecule has 0 radical (unpaired) electrons. The fraction of sp³-hybridized carbons (Fsp3) is 0.429. The van der Waals surface area contributed by atoms with Crippen LogP contribution in [0.2, 0.25) is 0 Å². The number of hydrogen-bond acceptors (Lipinski definition) is 1. The van der Waals surface area contributed by atoms with Crippen LogP contribution in [0.5, 0.6) is 5.75 Å².